The molecule has 0 radical (unpaired) electrons. The topological polar surface area (TPSA) is 38.3 Å². The van der Waals surface area contributed by atoms with E-state index in [1.165, 1.54) is 22.4 Å². The molecule has 3 nitrogen and oxygen atoms in total. The van der Waals surface area contributed by atoms with Gasteiger partial charge in [0.2, 0.25) is 0 Å². The Morgan fingerprint density at radius 2 is 1.94 bits per heavy atom. The number of esters is 1. The summed E-state index contributed by atoms with van der Waals surface area (Å²) in [5.41, 5.74) is 1.27. The number of rotatable bonds is 5. The first-order valence-electron chi connectivity index (χ1n) is 6.27. The Hall–Kier alpha value is -0.870. The van der Waals surface area contributed by atoms with E-state index in [1.807, 2.05) is 13.8 Å². The van der Waals surface area contributed by atoms with Crippen LogP contribution in [0.4, 0.5) is 0 Å². The smallest absolute Gasteiger partial charge is 0.323 e. The number of aryl methyl sites for hydroxylation is 2. The van der Waals surface area contributed by atoms with E-state index in [1.54, 1.807) is 11.3 Å². The summed E-state index contributed by atoms with van der Waals surface area (Å²) in [7, 11) is 1.43. The normalized spacial score (nSPS) is 14.6. The Balaban J connectivity index is 2.81. The first-order valence-corrected chi connectivity index (χ1v) is 7.09. The quantitative estimate of drug-likeness (QED) is 0.834. The Bertz CT molecular complexity index is 412. The molecule has 0 spiro atoms. The van der Waals surface area contributed by atoms with E-state index in [-0.39, 0.29) is 24.0 Å². The first kappa shape index (κ1) is 15.2. The van der Waals surface area contributed by atoms with Crippen molar-refractivity contribution in [2.24, 2.45) is 5.92 Å². The van der Waals surface area contributed by atoms with Crippen LogP contribution in [-0.2, 0) is 9.53 Å². The van der Waals surface area contributed by atoms with E-state index < -0.39 is 0 Å². The van der Waals surface area contributed by atoms with Crippen LogP contribution < -0.4 is 5.32 Å². The van der Waals surface area contributed by atoms with Crippen LogP contribution in [0.5, 0.6) is 0 Å². The van der Waals surface area contributed by atoms with Crippen molar-refractivity contribution in [3.8, 4) is 0 Å². The van der Waals surface area contributed by atoms with Crippen molar-refractivity contribution in [3.63, 3.8) is 0 Å². The zero-order chi connectivity index (χ0) is 13.9. The number of methoxy groups -OCH3 is 1. The van der Waals surface area contributed by atoms with E-state index in [2.05, 4.69) is 32.2 Å². The Labute approximate surface area is 114 Å². The minimum atomic E-state index is -0.260. The number of ether oxygens (including phenoxy) is 1. The van der Waals surface area contributed by atoms with E-state index >= 15 is 0 Å². The standard InChI is InChI=1S/C14H23NO2S/c1-8(2)13(14(16)17-6)15-10(4)12-7-9(3)18-11(12)5/h7-8,10,13,15H,1-6H3. The van der Waals surface area contributed by atoms with Gasteiger partial charge in [-0.25, -0.2) is 0 Å². The van der Waals surface area contributed by atoms with E-state index in [4.69, 9.17) is 4.74 Å². The average Bonchev–Trinajstić information content (AvgIpc) is 2.63. The van der Waals surface area contributed by atoms with Gasteiger partial charge in [-0.1, -0.05) is 13.8 Å². The van der Waals surface area contributed by atoms with Crippen LogP contribution in [0.3, 0.4) is 0 Å². The highest BCUT2D eigenvalue weighted by Gasteiger charge is 2.25. The van der Waals surface area contributed by atoms with Crippen LogP contribution in [-0.4, -0.2) is 19.1 Å². The molecule has 0 aliphatic rings. The number of nitrogens with one attached hydrogen (secondary N) is 1. The lowest BCUT2D eigenvalue weighted by Crippen LogP contribution is -2.43. The molecule has 0 saturated heterocycles. The van der Waals surface area contributed by atoms with E-state index in [0.29, 0.717) is 0 Å². The van der Waals surface area contributed by atoms with Gasteiger partial charge in [-0.15, -0.1) is 11.3 Å². The second kappa shape index (κ2) is 6.34. The van der Waals surface area contributed by atoms with Crippen molar-refractivity contribution in [3.05, 3.63) is 21.4 Å². The number of hydrogen-bond donors (Lipinski definition) is 1. The summed E-state index contributed by atoms with van der Waals surface area (Å²) in [5, 5.41) is 3.37. The lowest BCUT2D eigenvalue weighted by atomic mass is 10.0. The monoisotopic (exact) mass is 269 g/mol. The molecule has 0 aliphatic heterocycles. The van der Waals surface area contributed by atoms with Gasteiger partial charge < -0.3 is 4.74 Å². The lowest BCUT2D eigenvalue weighted by Gasteiger charge is -2.24. The maximum Gasteiger partial charge on any atom is 0.323 e. The number of thiophene rings is 1. The molecule has 18 heavy (non-hydrogen) atoms. The molecule has 1 rings (SSSR count). The average molecular weight is 269 g/mol. The molecule has 0 bridgehead atoms. The molecular formula is C14H23NO2S. The fraction of sp³-hybridized carbons (Fsp3) is 0.643. The van der Waals surface area contributed by atoms with Crippen LogP contribution in [0.2, 0.25) is 0 Å². The summed E-state index contributed by atoms with van der Waals surface area (Å²) in [6.45, 7) is 10.4. The van der Waals surface area contributed by atoms with Gasteiger partial charge in [0.15, 0.2) is 0 Å². The third-order valence-electron chi connectivity index (χ3n) is 3.10. The van der Waals surface area contributed by atoms with Gasteiger partial charge in [0.1, 0.15) is 6.04 Å². The number of hydrogen-bond acceptors (Lipinski definition) is 4. The van der Waals surface area contributed by atoms with Crippen molar-refractivity contribution < 1.29 is 9.53 Å². The van der Waals surface area contributed by atoms with Crippen molar-refractivity contribution in [1.82, 2.24) is 5.32 Å². The third-order valence-corrected chi connectivity index (χ3v) is 4.08. The zero-order valence-corrected chi connectivity index (χ0v) is 12.9. The Morgan fingerprint density at radius 3 is 2.33 bits per heavy atom. The SMILES string of the molecule is COC(=O)C(NC(C)c1cc(C)sc1C)C(C)C. The predicted octanol–water partition coefficient (Wildman–Crippen LogP) is 3.21. The van der Waals surface area contributed by atoms with Gasteiger partial charge in [-0.05, 0) is 38.3 Å². The maximum atomic E-state index is 11.7. The molecule has 0 saturated carbocycles. The minimum absolute atomic E-state index is 0.154. The molecule has 2 unspecified atom stereocenters. The van der Waals surface area contributed by atoms with Gasteiger partial charge in [0, 0.05) is 15.8 Å². The fourth-order valence-electron chi connectivity index (χ4n) is 2.10. The summed E-state index contributed by atoms with van der Waals surface area (Å²) in [6, 6.07) is 2.08. The van der Waals surface area contributed by atoms with Gasteiger partial charge in [-0.2, -0.15) is 0 Å². The molecule has 1 aromatic heterocycles. The first-order chi connectivity index (χ1) is 8.36. The van der Waals surface area contributed by atoms with Crippen LogP contribution in [0.1, 0.15) is 42.1 Å². The molecule has 0 fully saturated rings. The molecule has 1 aromatic rings. The summed E-state index contributed by atoms with van der Waals surface area (Å²) in [4.78, 5) is 14.3. The highest BCUT2D eigenvalue weighted by atomic mass is 32.1. The second-order valence-electron chi connectivity index (χ2n) is 5.00. The highest BCUT2D eigenvalue weighted by Crippen LogP contribution is 2.27. The van der Waals surface area contributed by atoms with E-state index in [9.17, 15) is 4.79 Å². The molecule has 0 aromatic carbocycles. The molecule has 2 atom stereocenters. The van der Waals surface area contributed by atoms with Crippen molar-refractivity contribution in [2.45, 2.75) is 46.7 Å². The van der Waals surface area contributed by atoms with Gasteiger partial charge in [0.25, 0.3) is 0 Å². The van der Waals surface area contributed by atoms with Crippen LogP contribution in [0.15, 0.2) is 6.07 Å². The number of carbonyl (C=O) groups is 1. The van der Waals surface area contributed by atoms with Gasteiger partial charge in [0.05, 0.1) is 7.11 Å². The van der Waals surface area contributed by atoms with Crippen LogP contribution in [0.25, 0.3) is 0 Å². The minimum Gasteiger partial charge on any atom is -0.468 e. The summed E-state index contributed by atoms with van der Waals surface area (Å²) >= 11 is 1.79. The Morgan fingerprint density at radius 1 is 1.33 bits per heavy atom. The largest absolute Gasteiger partial charge is 0.468 e. The zero-order valence-electron chi connectivity index (χ0n) is 12.0. The molecular weight excluding hydrogens is 246 g/mol. The van der Waals surface area contributed by atoms with Crippen molar-refractivity contribution in [2.75, 3.05) is 7.11 Å². The van der Waals surface area contributed by atoms with Crippen molar-refractivity contribution in [1.29, 1.82) is 0 Å². The van der Waals surface area contributed by atoms with Crippen molar-refractivity contribution >= 4 is 17.3 Å². The second-order valence-corrected chi connectivity index (χ2v) is 6.46. The molecule has 4 heteroatoms. The number of carbonyl (C=O) groups excluding carboxylic acids is 1. The Kier molecular flexibility index (Phi) is 5.35. The molecule has 0 aliphatic carbocycles. The third kappa shape index (κ3) is 3.56. The molecule has 102 valence electrons. The van der Waals surface area contributed by atoms with Gasteiger partial charge in [-0.3, -0.25) is 10.1 Å². The molecule has 1 N–H and O–H groups in total. The summed E-state index contributed by atoms with van der Waals surface area (Å²) < 4.78 is 4.85. The van der Waals surface area contributed by atoms with E-state index in [0.717, 1.165) is 0 Å². The molecule has 0 amide bonds. The molecule has 1 heterocycles. The van der Waals surface area contributed by atoms with Crippen LogP contribution in [0, 0.1) is 19.8 Å². The summed E-state index contributed by atoms with van der Waals surface area (Å²) in [6.07, 6.45) is 0. The van der Waals surface area contributed by atoms with Gasteiger partial charge >= 0.3 is 5.97 Å². The lowest BCUT2D eigenvalue weighted by molar-refractivity contribution is -0.144. The highest BCUT2D eigenvalue weighted by molar-refractivity contribution is 7.12. The summed E-state index contributed by atoms with van der Waals surface area (Å²) in [5.74, 6) is 0.0152. The predicted molar refractivity (Wildman–Crippen MR) is 76.0 cm³/mol. The fourth-order valence-corrected chi connectivity index (χ4v) is 3.12. The maximum absolute atomic E-state index is 11.7. The van der Waals surface area contributed by atoms with Crippen LogP contribution >= 0.6 is 11.3 Å².